The first kappa shape index (κ1) is 12.6. The lowest BCUT2D eigenvalue weighted by Gasteiger charge is -1.96. The number of hydrogen-bond acceptors (Lipinski definition) is 4. The van der Waals surface area contributed by atoms with Gasteiger partial charge in [0.05, 0.1) is 10.2 Å². The van der Waals surface area contributed by atoms with Gasteiger partial charge in [0.25, 0.3) is 0 Å². The Bertz CT molecular complexity index is 474. The first-order valence-corrected chi connectivity index (χ1v) is 7.60. The van der Waals surface area contributed by atoms with E-state index in [9.17, 15) is 4.79 Å². The van der Waals surface area contributed by atoms with Crippen molar-refractivity contribution in [1.82, 2.24) is 4.98 Å². The summed E-state index contributed by atoms with van der Waals surface area (Å²) in [4.78, 5) is 15.7. The second-order valence-corrected chi connectivity index (χ2v) is 6.16. The molecule has 0 amide bonds. The van der Waals surface area contributed by atoms with Crippen LogP contribution < -0.4 is 0 Å². The van der Waals surface area contributed by atoms with E-state index in [1.165, 1.54) is 4.70 Å². The molecular formula is C13H15NOS2. The lowest BCUT2D eigenvalue weighted by atomic mass is 10.2. The third-order valence-corrected chi connectivity index (χ3v) is 4.76. The van der Waals surface area contributed by atoms with E-state index in [4.69, 9.17) is 0 Å². The average Bonchev–Trinajstić information content (AvgIpc) is 2.76. The van der Waals surface area contributed by atoms with Crippen molar-refractivity contribution in [3.63, 3.8) is 0 Å². The van der Waals surface area contributed by atoms with Gasteiger partial charge in [-0.1, -0.05) is 30.8 Å². The summed E-state index contributed by atoms with van der Waals surface area (Å²) < 4.78 is 2.34. The zero-order valence-electron chi connectivity index (χ0n) is 9.81. The van der Waals surface area contributed by atoms with Crippen molar-refractivity contribution >= 4 is 39.1 Å². The molecular weight excluding hydrogens is 250 g/mol. The van der Waals surface area contributed by atoms with Gasteiger partial charge in [-0.3, -0.25) is 4.79 Å². The molecule has 0 N–H and O–H groups in total. The number of thiazole rings is 1. The fraction of sp³-hybridized carbons (Fsp3) is 0.385. The molecule has 0 aliphatic carbocycles. The zero-order valence-corrected chi connectivity index (χ0v) is 11.4. The van der Waals surface area contributed by atoms with Crippen molar-refractivity contribution in [3.05, 3.63) is 24.3 Å². The summed E-state index contributed by atoms with van der Waals surface area (Å²) in [5.74, 6) is 1.33. The number of fused-ring (bicyclic) bond motifs is 1. The van der Waals surface area contributed by atoms with Gasteiger partial charge in [-0.25, -0.2) is 4.98 Å². The molecule has 17 heavy (non-hydrogen) atoms. The number of ketones is 1. The van der Waals surface area contributed by atoms with E-state index in [1.54, 1.807) is 23.1 Å². The molecule has 1 heterocycles. The second-order valence-electron chi connectivity index (χ2n) is 3.79. The van der Waals surface area contributed by atoms with Crippen LogP contribution in [0.1, 0.15) is 26.2 Å². The lowest BCUT2D eigenvalue weighted by molar-refractivity contribution is -0.118. The van der Waals surface area contributed by atoms with Gasteiger partial charge < -0.3 is 0 Å². The SMILES string of the molecule is CCC(=O)CCCSc1nc2ccccc2s1. The fourth-order valence-electron chi connectivity index (χ4n) is 1.52. The summed E-state index contributed by atoms with van der Waals surface area (Å²) in [6.45, 7) is 1.92. The monoisotopic (exact) mass is 265 g/mol. The van der Waals surface area contributed by atoms with E-state index in [1.807, 2.05) is 25.1 Å². The predicted octanol–water partition coefficient (Wildman–Crippen LogP) is 4.15. The molecule has 1 aromatic heterocycles. The molecule has 0 bridgehead atoms. The number of thioether (sulfide) groups is 1. The summed E-state index contributed by atoms with van der Waals surface area (Å²) in [5.41, 5.74) is 1.07. The third kappa shape index (κ3) is 3.54. The van der Waals surface area contributed by atoms with Crippen molar-refractivity contribution in [3.8, 4) is 0 Å². The van der Waals surface area contributed by atoms with E-state index >= 15 is 0 Å². The highest BCUT2D eigenvalue weighted by Gasteiger charge is 2.04. The van der Waals surface area contributed by atoms with Crippen molar-refractivity contribution in [1.29, 1.82) is 0 Å². The van der Waals surface area contributed by atoms with Crippen LogP contribution in [0.25, 0.3) is 10.2 Å². The Balaban J connectivity index is 1.85. The molecule has 2 aromatic rings. The molecule has 0 atom stereocenters. The number of aromatic nitrogens is 1. The molecule has 0 fully saturated rings. The van der Waals surface area contributed by atoms with Gasteiger partial charge in [-0.05, 0) is 18.6 Å². The van der Waals surface area contributed by atoms with Crippen LogP contribution in [0, 0.1) is 0 Å². The molecule has 0 aliphatic heterocycles. The van der Waals surface area contributed by atoms with Crippen LogP contribution in [-0.4, -0.2) is 16.5 Å². The van der Waals surface area contributed by atoms with E-state index < -0.39 is 0 Å². The van der Waals surface area contributed by atoms with Gasteiger partial charge in [0.15, 0.2) is 4.34 Å². The Hall–Kier alpha value is -0.870. The van der Waals surface area contributed by atoms with Crippen molar-refractivity contribution < 1.29 is 4.79 Å². The van der Waals surface area contributed by atoms with Crippen molar-refractivity contribution in [2.45, 2.75) is 30.5 Å². The minimum absolute atomic E-state index is 0.356. The van der Waals surface area contributed by atoms with Gasteiger partial charge in [0, 0.05) is 18.6 Å². The topological polar surface area (TPSA) is 30.0 Å². The number of rotatable bonds is 6. The van der Waals surface area contributed by atoms with E-state index in [0.29, 0.717) is 18.6 Å². The molecule has 0 spiro atoms. The van der Waals surface area contributed by atoms with Gasteiger partial charge in [0.2, 0.25) is 0 Å². The molecule has 4 heteroatoms. The van der Waals surface area contributed by atoms with Gasteiger partial charge in [-0.15, -0.1) is 11.3 Å². The van der Waals surface area contributed by atoms with Crippen molar-refractivity contribution in [2.24, 2.45) is 0 Å². The largest absolute Gasteiger partial charge is 0.300 e. The number of Topliss-reactive ketones (excluding diaryl/α,β-unsaturated/α-hetero) is 1. The number of hydrogen-bond donors (Lipinski definition) is 0. The van der Waals surface area contributed by atoms with Gasteiger partial charge >= 0.3 is 0 Å². The molecule has 0 saturated heterocycles. The highest BCUT2D eigenvalue weighted by Crippen LogP contribution is 2.29. The fourth-order valence-corrected chi connectivity index (χ4v) is 3.60. The Morgan fingerprint density at radius 3 is 3.00 bits per heavy atom. The Kier molecular flexibility index (Phi) is 4.57. The number of carbonyl (C=O) groups is 1. The average molecular weight is 265 g/mol. The second kappa shape index (κ2) is 6.17. The Morgan fingerprint density at radius 2 is 2.24 bits per heavy atom. The van der Waals surface area contributed by atoms with Crippen LogP contribution in [0.4, 0.5) is 0 Å². The molecule has 2 rings (SSSR count). The maximum absolute atomic E-state index is 11.1. The number of nitrogens with zero attached hydrogens (tertiary/aromatic N) is 1. The van der Waals surface area contributed by atoms with Crippen LogP contribution >= 0.6 is 23.1 Å². The molecule has 0 unspecified atom stereocenters. The lowest BCUT2D eigenvalue weighted by Crippen LogP contribution is -1.95. The molecule has 2 nitrogen and oxygen atoms in total. The number of para-hydroxylation sites is 1. The highest BCUT2D eigenvalue weighted by atomic mass is 32.2. The van der Waals surface area contributed by atoms with Gasteiger partial charge in [0.1, 0.15) is 5.78 Å². The highest BCUT2D eigenvalue weighted by molar-refractivity contribution is 8.01. The molecule has 90 valence electrons. The van der Waals surface area contributed by atoms with Crippen LogP contribution in [-0.2, 0) is 4.79 Å². The summed E-state index contributed by atoms with van der Waals surface area (Å²) in [5, 5.41) is 0. The normalized spacial score (nSPS) is 10.9. The van der Waals surface area contributed by atoms with E-state index in [0.717, 1.165) is 22.0 Å². The van der Waals surface area contributed by atoms with Crippen molar-refractivity contribution in [2.75, 3.05) is 5.75 Å². The van der Waals surface area contributed by atoms with Crippen LogP contribution in [0.3, 0.4) is 0 Å². The molecule has 1 aromatic carbocycles. The van der Waals surface area contributed by atoms with Crippen LogP contribution in [0.5, 0.6) is 0 Å². The quantitative estimate of drug-likeness (QED) is 0.580. The maximum Gasteiger partial charge on any atom is 0.151 e. The predicted molar refractivity (Wildman–Crippen MR) is 74.9 cm³/mol. The smallest absolute Gasteiger partial charge is 0.151 e. The molecule has 0 aliphatic rings. The summed E-state index contributed by atoms with van der Waals surface area (Å²) >= 11 is 3.48. The minimum Gasteiger partial charge on any atom is -0.300 e. The maximum atomic E-state index is 11.1. The summed E-state index contributed by atoms with van der Waals surface area (Å²) in [7, 11) is 0. The van der Waals surface area contributed by atoms with Crippen LogP contribution in [0.2, 0.25) is 0 Å². The van der Waals surface area contributed by atoms with E-state index in [-0.39, 0.29) is 0 Å². The molecule has 0 saturated carbocycles. The van der Waals surface area contributed by atoms with Crippen LogP contribution in [0.15, 0.2) is 28.6 Å². The number of benzene rings is 1. The standard InChI is InChI=1S/C13H15NOS2/c1-2-10(15)6-5-9-16-13-14-11-7-3-4-8-12(11)17-13/h3-4,7-8H,2,5-6,9H2,1H3. The minimum atomic E-state index is 0.356. The Morgan fingerprint density at radius 1 is 1.41 bits per heavy atom. The third-order valence-electron chi connectivity index (χ3n) is 2.49. The van der Waals surface area contributed by atoms with Gasteiger partial charge in [-0.2, -0.15) is 0 Å². The zero-order chi connectivity index (χ0) is 12.1. The Labute approximate surface area is 109 Å². The number of carbonyl (C=O) groups excluding carboxylic acids is 1. The first-order valence-electron chi connectivity index (χ1n) is 5.79. The summed E-state index contributed by atoms with van der Waals surface area (Å²) in [6.07, 6.45) is 2.31. The molecule has 0 radical (unpaired) electrons. The summed E-state index contributed by atoms with van der Waals surface area (Å²) in [6, 6.07) is 8.18. The van der Waals surface area contributed by atoms with E-state index in [2.05, 4.69) is 11.1 Å². The first-order chi connectivity index (χ1) is 8.29.